The fourth-order valence-electron chi connectivity index (χ4n) is 2.62. The zero-order chi connectivity index (χ0) is 15.2. The van der Waals surface area contributed by atoms with E-state index < -0.39 is 0 Å². The Kier molecular flexibility index (Phi) is 7.35. The van der Waals surface area contributed by atoms with E-state index in [0.717, 1.165) is 18.4 Å². The predicted octanol–water partition coefficient (Wildman–Crippen LogP) is 1.67. The standard InChI is InChI=1S/C16H22N2O3.ClH/c1-21-16(20)3-2-8-18-15(19)10-11-4-6-13-12(9-11)5-7-14(13)17;/h4,6,9,14H,2-3,5,7-8,10,17H2,1H3,(H,18,19);1H. The highest BCUT2D eigenvalue weighted by atomic mass is 35.5. The van der Waals surface area contributed by atoms with Gasteiger partial charge < -0.3 is 15.8 Å². The number of methoxy groups -OCH3 is 1. The average Bonchev–Trinajstić information content (AvgIpc) is 2.84. The molecule has 0 spiro atoms. The van der Waals surface area contributed by atoms with Crippen molar-refractivity contribution in [3.63, 3.8) is 0 Å². The van der Waals surface area contributed by atoms with Crippen molar-refractivity contribution in [1.29, 1.82) is 0 Å². The fraction of sp³-hybridized carbons (Fsp3) is 0.500. The Hall–Kier alpha value is -1.59. The van der Waals surface area contributed by atoms with Crippen molar-refractivity contribution >= 4 is 24.3 Å². The Morgan fingerprint density at radius 1 is 1.41 bits per heavy atom. The molecule has 0 radical (unpaired) electrons. The number of benzene rings is 1. The van der Waals surface area contributed by atoms with Gasteiger partial charge in [0.1, 0.15) is 0 Å². The molecule has 0 saturated carbocycles. The molecule has 1 aromatic carbocycles. The van der Waals surface area contributed by atoms with Gasteiger partial charge in [0.2, 0.25) is 5.91 Å². The smallest absolute Gasteiger partial charge is 0.305 e. The number of rotatable bonds is 6. The molecule has 1 amide bonds. The van der Waals surface area contributed by atoms with Crippen molar-refractivity contribution in [1.82, 2.24) is 5.32 Å². The van der Waals surface area contributed by atoms with Crippen LogP contribution in [0.1, 0.15) is 42.0 Å². The number of carbonyl (C=O) groups excluding carboxylic acids is 2. The molecule has 122 valence electrons. The van der Waals surface area contributed by atoms with Crippen molar-refractivity contribution in [2.24, 2.45) is 5.73 Å². The molecule has 0 heterocycles. The van der Waals surface area contributed by atoms with Gasteiger partial charge in [0, 0.05) is 19.0 Å². The molecule has 1 aliphatic carbocycles. The van der Waals surface area contributed by atoms with E-state index in [1.54, 1.807) is 0 Å². The maximum Gasteiger partial charge on any atom is 0.305 e. The Morgan fingerprint density at radius 2 is 2.18 bits per heavy atom. The van der Waals surface area contributed by atoms with E-state index in [1.807, 2.05) is 12.1 Å². The number of esters is 1. The van der Waals surface area contributed by atoms with E-state index in [-0.39, 0.29) is 30.3 Å². The van der Waals surface area contributed by atoms with E-state index in [4.69, 9.17) is 5.73 Å². The molecule has 1 atom stereocenters. The van der Waals surface area contributed by atoms with Crippen molar-refractivity contribution in [2.75, 3.05) is 13.7 Å². The summed E-state index contributed by atoms with van der Waals surface area (Å²) in [6.07, 6.45) is 3.26. The third kappa shape index (κ3) is 5.00. The van der Waals surface area contributed by atoms with Gasteiger partial charge in [0.05, 0.1) is 13.5 Å². The minimum Gasteiger partial charge on any atom is -0.469 e. The summed E-state index contributed by atoms with van der Waals surface area (Å²) in [5.74, 6) is -0.277. The van der Waals surface area contributed by atoms with Crippen molar-refractivity contribution < 1.29 is 14.3 Å². The second-order valence-corrected chi connectivity index (χ2v) is 5.38. The highest BCUT2D eigenvalue weighted by Gasteiger charge is 2.19. The van der Waals surface area contributed by atoms with E-state index >= 15 is 0 Å². The molecule has 0 aliphatic heterocycles. The SMILES string of the molecule is COC(=O)CCCNC(=O)Cc1ccc2c(c1)CCC2N.Cl. The molecule has 1 aliphatic rings. The summed E-state index contributed by atoms with van der Waals surface area (Å²) in [5.41, 5.74) is 9.47. The van der Waals surface area contributed by atoms with E-state index in [2.05, 4.69) is 16.1 Å². The zero-order valence-corrected chi connectivity index (χ0v) is 13.6. The molecule has 5 nitrogen and oxygen atoms in total. The number of halogens is 1. The summed E-state index contributed by atoms with van der Waals surface area (Å²) in [6.45, 7) is 0.490. The number of ether oxygens (including phenoxy) is 1. The number of hydrogen-bond acceptors (Lipinski definition) is 4. The summed E-state index contributed by atoms with van der Waals surface area (Å²) in [6, 6.07) is 6.22. The first-order valence-electron chi connectivity index (χ1n) is 7.31. The van der Waals surface area contributed by atoms with Crippen molar-refractivity contribution in [3.05, 3.63) is 34.9 Å². The minimum atomic E-state index is -0.251. The Morgan fingerprint density at radius 3 is 2.91 bits per heavy atom. The van der Waals surface area contributed by atoms with Crippen LogP contribution in [0.15, 0.2) is 18.2 Å². The van der Waals surface area contributed by atoms with Gasteiger partial charge in [-0.15, -0.1) is 12.4 Å². The molecule has 2 rings (SSSR count). The summed E-state index contributed by atoms with van der Waals surface area (Å²) >= 11 is 0. The number of fused-ring (bicyclic) bond motifs is 1. The van der Waals surface area contributed by atoms with E-state index in [9.17, 15) is 9.59 Å². The van der Waals surface area contributed by atoms with Gasteiger partial charge in [0.15, 0.2) is 0 Å². The molecule has 0 bridgehead atoms. The molecule has 6 heteroatoms. The zero-order valence-electron chi connectivity index (χ0n) is 12.8. The van der Waals surface area contributed by atoms with E-state index in [0.29, 0.717) is 25.8 Å². The predicted molar refractivity (Wildman–Crippen MR) is 86.9 cm³/mol. The third-order valence-electron chi connectivity index (χ3n) is 3.80. The van der Waals surface area contributed by atoms with Crippen LogP contribution in [0.4, 0.5) is 0 Å². The Bertz CT molecular complexity index is 534. The maximum atomic E-state index is 11.8. The quantitative estimate of drug-likeness (QED) is 0.615. The third-order valence-corrected chi connectivity index (χ3v) is 3.80. The molecular weight excluding hydrogens is 304 g/mol. The maximum absolute atomic E-state index is 11.8. The van der Waals surface area contributed by atoms with Crippen LogP contribution >= 0.6 is 12.4 Å². The van der Waals surface area contributed by atoms with Gasteiger partial charge in [-0.05, 0) is 36.0 Å². The van der Waals surface area contributed by atoms with E-state index in [1.165, 1.54) is 18.2 Å². The fourth-order valence-corrected chi connectivity index (χ4v) is 2.62. The summed E-state index contributed by atoms with van der Waals surface area (Å²) in [4.78, 5) is 22.8. The second kappa shape index (κ2) is 8.76. The molecule has 0 aromatic heterocycles. The summed E-state index contributed by atoms with van der Waals surface area (Å²) < 4.78 is 4.54. The summed E-state index contributed by atoms with van der Waals surface area (Å²) in [5, 5.41) is 2.82. The van der Waals surface area contributed by atoms with Crippen LogP contribution in [0.5, 0.6) is 0 Å². The number of aryl methyl sites for hydroxylation is 1. The van der Waals surface area contributed by atoms with Gasteiger partial charge in [0.25, 0.3) is 0 Å². The monoisotopic (exact) mass is 326 g/mol. The van der Waals surface area contributed by atoms with Crippen molar-refractivity contribution in [2.45, 2.75) is 38.1 Å². The van der Waals surface area contributed by atoms with Gasteiger partial charge in [-0.25, -0.2) is 0 Å². The molecule has 0 saturated heterocycles. The first kappa shape index (κ1) is 18.5. The van der Waals surface area contributed by atoms with Crippen LogP contribution in [0.25, 0.3) is 0 Å². The minimum absolute atomic E-state index is 0. The normalized spacial score (nSPS) is 15.6. The average molecular weight is 327 g/mol. The topological polar surface area (TPSA) is 81.4 Å². The highest BCUT2D eigenvalue weighted by molar-refractivity contribution is 5.85. The molecule has 3 N–H and O–H groups in total. The molecule has 22 heavy (non-hydrogen) atoms. The Balaban J connectivity index is 0.00000242. The van der Waals surface area contributed by atoms with Gasteiger partial charge >= 0.3 is 5.97 Å². The lowest BCUT2D eigenvalue weighted by atomic mass is 10.0. The first-order valence-corrected chi connectivity index (χ1v) is 7.31. The lowest BCUT2D eigenvalue weighted by Gasteiger charge is -2.08. The number of carbonyl (C=O) groups is 2. The number of hydrogen-bond donors (Lipinski definition) is 2. The largest absolute Gasteiger partial charge is 0.469 e. The number of nitrogens with two attached hydrogens (primary N) is 1. The van der Waals surface area contributed by atoms with Gasteiger partial charge in [-0.1, -0.05) is 18.2 Å². The van der Waals surface area contributed by atoms with Crippen LogP contribution in [0.2, 0.25) is 0 Å². The Labute approximate surface area is 137 Å². The summed E-state index contributed by atoms with van der Waals surface area (Å²) in [7, 11) is 1.36. The highest BCUT2D eigenvalue weighted by Crippen LogP contribution is 2.29. The van der Waals surface area contributed by atoms with Crippen LogP contribution < -0.4 is 11.1 Å². The van der Waals surface area contributed by atoms with Crippen LogP contribution in [0, 0.1) is 0 Å². The number of amides is 1. The van der Waals surface area contributed by atoms with Crippen molar-refractivity contribution in [3.8, 4) is 0 Å². The lowest BCUT2D eigenvalue weighted by molar-refractivity contribution is -0.140. The van der Waals surface area contributed by atoms with Crippen LogP contribution in [-0.4, -0.2) is 25.5 Å². The first-order chi connectivity index (χ1) is 10.1. The van der Waals surface area contributed by atoms with Crippen LogP contribution in [-0.2, 0) is 27.2 Å². The molecule has 1 unspecified atom stereocenters. The molecule has 1 aromatic rings. The molecule has 0 fully saturated rings. The second-order valence-electron chi connectivity index (χ2n) is 5.38. The van der Waals surface area contributed by atoms with Gasteiger partial charge in [-0.3, -0.25) is 9.59 Å². The van der Waals surface area contributed by atoms with Gasteiger partial charge in [-0.2, -0.15) is 0 Å². The molecular formula is C16H23ClN2O3. The van der Waals surface area contributed by atoms with Crippen LogP contribution in [0.3, 0.4) is 0 Å². The number of nitrogens with one attached hydrogen (secondary N) is 1. The lowest BCUT2D eigenvalue weighted by Crippen LogP contribution is -2.26.